The molecule has 3 aromatic rings. The highest BCUT2D eigenvalue weighted by Gasteiger charge is 2.57. The second-order valence-corrected chi connectivity index (χ2v) is 16.2. The van der Waals surface area contributed by atoms with Crippen LogP contribution in [0.1, 0.15) is 81.4 Å². The number of ether oxygens (including phenoxy) is 1. The van der Waals surface area contributed by atoms with Gasteiger partial charge in [-0.05, 0) is 78.7 Å². The number of methoxy groups -OCH3 is 1. The summed E-state index contributed by atoms with van der Waals surface area (Å²) >= 11 is 0. The maximum absolute atomic E-state index is 14.3. The largest absolute Gasteiger partial charge is 0.496 e. The van der Waals surface area contributed by atoms with Gasteiger partial charge >= 0.3 is 0 Å². The topological polar surface area (TPSA) is 124 Å². The number of fused-ring (bicyclic) bond motifs is 2. The van der Waals surface area contributed by atoms with Gasteiger partial charge in [0.1, 0.15) is 17.9 Å². The molecule has 7 rings (SSSR count). The SMILES string of the molecule is CC[C@@H](NC(=O)c1cc(-c2cccc(CN3O[C@@H](CO)[C@@H]([C@H](C)O)[C@H]3C(=O)N[C@H]3C[C@H]4C[C@@H](C3C)C4(C)C)c2OC)cc(N(C)C)c1)c1ccccc1. The van der Waals surface area contributed by atoms with Crippen LogP contribution in [0.25, 0.3) is 11.1 Å². The zero-order valence-corrected chi connectivity index (χ0v) is 32.5. The first-order chi connectivity index (χ1) is 25.3. The summed E-state index contributed by atoms with van der Waals surface area (Å²) in [5, 5.41) is 29.5. The van der Waals surface area contributed by atoms with Crippen molar-refractivity contribution in [1.82, 2.24) is 15.7 Å². The van der Waals surface area contributed by atoms with Gasteiger partial charge in [0.2, 0.25) is 5.91 Å². The van der Waals surface area contributed by atoms with E-state index in [1.807, 2.05) is 85.7 Å². The summed E-state index contributed by atoms with van der Waals surface area (Å²) in [7, 11) is 5.49. The molecule has 2 bridgehead atoms. The normalized spacial score (nSPS) is 27.3. The van der Waals surface area contributed by atoms with Crippen molar-refractivity contribution in [3.8, 4) is 16.9 Å². The van der Waals surface area contributed by atoms with Crippen LogP contribution in [0.3, 0.4) is 0 Å². The van der Waals surface area contributed by atoms with Crippen LogP contribution in [0.2, 0.25) is 0 Å². The Labute approximate surface area is 314 Å². The molecule has 1 saturated heterocycles. The van der Waals surface area contributed by atoms with Crippen LogP contribution >= 0.6 is 0 Å². The van der Waals surface area contributed by atoms with E-state index in [4.69, 9.17) is 9.57 Å². The zero-order chi connectivity index (χ0) is 38.2. The third kappa shape index (κ3) is 7.56. The molecule has 10 heteroatoms. The van der Waals surface area contributed by atoms with E-state index in [9.17, 15) is 19.8 Å². The maximum Gasteiger partial charge on any atom is 0.251 e. The first-order valence-electron chi connectivity index (χ1n) is 19.2. The number of nitrogens with one attached hydrogen (secondary N) is 2. The lowest BCUT2D eigenvalue weighted by Crippen LogP contribution is -2.62. The highest BCUT2D eigenvalue weighted by atomic mass is 16.7. The van der Waals surface area contributed by atoms with Crippen molar-refractivity contribution in [3.63, 3.8) is 0 Å². The lowest BCUT2D eigenvalue weighted by molar-refractivity contribution is -0.183. The van der Waals surface area contributed by atoms with E-state index in [1.54, 1.807) is 19.1 Å². The number of carbonyl (C=O) groups is 2. The molecule has 3 aromatic carbocycles. The molecule has 4 fully saturated rings. The molecule has 0 radical (unpaired) electrons. The highest BCUT2D eigenvalue weighted by molar-refractivity contribution is 5.97. The molecule has 9 atom stereocenters. The van der Waals surface area contributed by atoms with Crippen LogP contribution in [0, 0.1) is 29.1 Å². The molecule has 1 aliphatic heterocycles. The number of para-hydroxylation sites is 1. The molecule has 10 nitrogen and oxygen atoms in total. The van der Waals surface area contributed by atoms with E-state index >= 15 is 0 Å². The Morgan fingerprint density at radius 3 is 2.42 bits per heavy atom. The fourth-order valence-electron chi connectivity index (χ4n) is 9.33. The van der Waals surface area contributed by atoms with Gasteiger partial charge in [-0.15, -0.1) is 0 Å². The summed E-state index contributed by atoms with van der Waals surface area (Å²) < 4.78 is 6.08. The molecule has 2 amide bonds. The van der Waals surface area contributed by atoms with Gasteiger partial charge in [-0.2, -0.15) is 5.06 Å². The van der Waals surface area contributed by atoms with Crippen molar-refractivity contribution in [1.29, 1.82) is 0 Å². The predicted octanol–water partition coefficient (Wildman–Crippen LogP) is 5.97. The number of nitrogens with zero attached hydrogens (tertiary/aromatic N) is 2. The van der Waals surface area contributed by atoms with Crippen LogP contribution < -0.4 is 20.3 Å². The van der Waals surface area contributed by atoms with E-state index in [1.165, 1.54) is 6.42 Å². The van der Waals surface area contributed by atoms with Crippen molar-refractivity contribution >= 4 is 17.5 Å². The Bertz CT molecular complexity index is 1760. The van der Waals surface area contributed by atoms with Crippen LogP contribution in [0.5, 0.6) is 5.75 Å². The van der Waals surface area contributed by atoms with Gasteiger partial charge in [-0.3, -0.25) is 14.4 Å². The Morgan fingerprint density at radius 1 is 1.08 bits per heavy atom. The van der Waals surface area contributed by atoms with Gasteiger partial charge in [-0.1, -0.05) is 76.2 Å². The number of amides is 2. The molecule has 1 heterocycles. The number of rotatable bonds is 13. The van der Waals surface area contributed by atoms with Gasteiger partial charge in [0, 0.05) is 48.4 Å². The van der Waals surface area contributed by atoms with Crippen molar-refractivity contribution in [2.45, 2.75) is 90.8 Å². The van der Waals surface area contributed by atoms with Gasteiger partial charge < -0.3 is 30.5 Å². The van der Waals surface area contributed by atoms with Crippen molar-refractivity contribution in [2.75, 3.05) is 32.7 Å². The first-order valence-corrected chi connectivity index (χ1v) is 19.2. The standard InChI is InChI=1S/C43H58N4O6/c1-9-35(27-14-11-10-12-15-27)44-41(50)30-18-29(19-32(20-30)46(6)7)33-17-13-16-28(40(33)52-8)23-47-39(38(26(3)49)37(24-48)53-47)42(51)45-36-22-31-21-34(25(36)2)43(31,4)5/h10-20,25-26,31,34-39,48-49H,9,21-24H2,1-8H3,(H,44,50)(H,45,51)/t25?,26-,31+,34-,35+,36-,37-,38+,39-/m0/s1. The van der Waals surface area contributed by atoms with Gasteiger partial charge in [-0.25, -0.2) is 0 Å². The summed E-state index contributed by atoms with van der Waals surface area (Å²) in [5.74, 6) is 1.03. The minimum Gasteiger partial charge on any atom is -0.496 e. The molecular weight excluding hydrogens is 668 g/mol. The number of carbonyl (C=O) groups excluding carboxylic acids is 2. The molecule has 0 spiro atoms. The summed E-state index contributed by atoms with van der Waals surface area (Å²) in [6.07, 6.45) is 1.23. The van der Waals surface area contributed by atoms with E-state index in [-0.39, 0.29) is 42.5 Å². The Morgan fingerprint density at radius 2 is 1.81 bits per heavy atom. The number of benzene rings is 3. The van der Waals surface area contributed by atoms with Crippen LogP contribution in [-0.2, 0) is 16.2 Å². The number of hydrogen-bond donors (Lipinski definition) is 4. The molecule has 4 aliphatic rings. The lowest BCUT2D eigenvalue weighted by Gasteiger charge is -2.62. The summed E-state index contributed by atoms with van der Waals surface area (Å²) in [4.78, 5) is 36.3. The molecule has 3 saturated carbocycles. The fourth-order valence-corrected chi connectivity index (χ4v) is 9.33. The molecule has 53 heavy (non-hydrogen) atoms. The zero-order valence-electron chi connectivity index (χ0n) is 32.5. The average molecular weight is 727 g/mol. The number of hydrogen-bond acceptors (Lipinski definition) is 8. The van der Waals surface area contributed by atoms with Gasteiger partial charge in [0.05, 0.1) is 32.4 Å². The Kier molecular flexibility index (Phi) is 11.5. The number of hydroxylamine groups is 2. The second kappa shape index (κ2) is 15.8. The minimum absolute atomic E-state index is 0.0393. The monoisotopic (exact) mass is 726 g/mol. The number of aliphatic hydroxyl groups is 2. The fraction of sp³-hybridized carbons (Fsp3) is 0.535. The van der Waals surface area contributed by atoms with E-state index in [0.29, 0.717) is 29.1 Å². The molecular formula is C43H58N4O6. The van der Waals surface area contributed by atoms with Gasteiger partial charge in [0.15, 0.2) is 0 Å². The van der Waals surface area contributed by atoms with E-state index in [0.717, 1.165) is 40.8 Å². The third-order valence-electron chi connectivity index (χ3n) is 12.6. The highest BCUT2D eigenvalue weighted by Crippen LogP contribution is 2.61. The van der Waals surface area contributed by atoms with Crippen molar-refractivity contribution in [3.05, 3.63) is 83.4 Å². The van der Waals surface area contributed by atoms with Crippen molar-refractivity contribution < 1.29 is 29.4 Å². The molecule has 1 unspecified atom stereocenters. The minimum atomic E-state index is -0.898. The third-order valence-corrected chi connectivity index (χ3v) is 12.6. The number of aliphatic hydroxyl groups excluding tert-OH is 2. The predicted molar refractivity (Wildman–Crippen MR) is 207 cm³/mol. The molecule has 3 aliphatic carbocycles. The summed E-state index contributed by atoms with van der Waals surface area (Å²) in [5.41, 5.74) is 5.05. The van der Waals surface area contributed by atoms with Crippen molar-refractivity contribution in [2.24, 2.45) is 29.1 Å². The van der Waals surface area contributed by atoms with E-state index in [2.05, 4.69) is 38.3 Å². The Hall–Kier alpha value is -3.96. The quantitative estimate of drug-likeness (QED) is 0.170. The average Bonchev–Trinajstić information content (AvgIpc) is 3.53. The van der Waals surface area contributed by atoms with Crippen LogP contribution in [-0.4, -0.2) is 79.2 Å². The first kappa shape index (κ1) is 38.8. The number of anilines is 1. The second-order valence-electron chi connectivity index (χ2n) is 16.2. The van der Waals surface area contributed by atoms with Crippen LogP contribution in [0.4, 0.5) is 5.69 Å². The van der Waals surface area contributed by atoms with Crippen LogP contribution in [0.15, 0.2) is 66.7 Å². The molecule has 286 valence electrons. The maximum atomic E-state index is 14.3. The van der Waals surface area contributed by atoms with E-state index < -0.39 is 24.2 Å². The Balaban J connectivity index is 1.29. The smallest absolute Gasteiger partial charge is 0.251 e. The lowest BCUT2D eigenvalue weighted by atomic mass is 9.45. The van der Waals surface area contributed by atoms with Gasteiger partial charge in [0.25, 0.3) is 5.91 Å². The molecule has 4 N–H and O–H groups in total. The summed E-state index contributed by atoms with van der Waals surface area (Å²) in [6, 6.07) is 20.6. The molecule has 0 aromatic heterocycles. The summed E-state index contributed by atoms with van der Waals surface area (Å²) in [6.45, 7) is 10.4.